The number of aromatic nitrogens is 2. The molecule has 23 heavy (non-hydrogen) atoms. The molecule has 1 aromatic carbocycles. The first-order chi connectivity index (χ1) is 11.2. The summed E-state index contributed by atoms with van der Waals surface area (Å²) in [6.07, 6.45) is 8.09. The zero-order chi connectivity index (χ0) is 16.1. The van der Waals surface area contributed by atoms with Gasteiger partial charge in [0, 0.05) is 17.8 Å². The highest BCUT2D eigenvalue weighted by Gasteiger charge is 2.13. The average Bonchev–Trinajstić information content (AvgIpc) is 2.57. The Hall–Kier alpha value is -2.10. The van der Waals surface area contributed by atoms with Crippen LogP contribution in [0.2, 0.25) is 0 Å². The maximum atomic E-state index is 4.35. The van der Waals surface area contributed by atoms with Gasteiger partial charge in [0.25, 0.3) is 0 Å². The van der Waals surface area contributed by atoms with Gasteiger partial charge >= 0.3 is 0 Å². The van der Waals surface area contributed by atoms with Gasteiger partial charge in [-0.25, -0.2) is 9.97 Å². The average molecular weight is 310 g/mol. The van der Waals surface area contributed by atoms with Crippen molar-refractivity contribution in [2.24, 2.45) is 0 Å². The second-order valence-electron chi connectivity index (χ2n) is 6.67. The third-order valence-electron chi connectivity index (χ3n) is 4.47. The van der Waals surface area contributed by atoms with E-state index in [2.05, 4.69) is 58.7 Å². The number of rotatable bonds is 5. The van der Waals surface area contributed by atoms with E-state index < -0.39 is 0 Å². The zero-order valence-corrected chi connectivity index (χ0v) is 14.0. The quantitative estimate of drug-likeness (QED) is 0.807. The number of hydrogen-bond donors (Lipinski definition) is 2. The molecule has 0 atom stereocenters. The van der Waals surface area contributed by atoms with E-state index in [-0.39, 0.29) is 0 Å². The summed E-state index contributed by atoms with van der Waals surface area (Å²) >= 11 is 0. The Balaban J connectivity index is 1.64. The lowest BCUT2D eigenvalue weighted by Gasteiger charge is -2.23. The van der Waals surface area contributed by atoms with E-state index in [9.17, 15) is 0 Å². The molecule has 0 bridgehead atoms. The van der Waals surface area contributed by atoms with Crippen LogP contribution in [0.5, 0.6) is 0 Å². The van der Waals surface area contributed by atoms with Crippen LogP contribution in [0.4, 0.5) is 17.3 Å². The second-order valence-corrected chi connectivity index (χ2v) is 6.67. The Labute approximate surface area is 138 Å². The van der Waals surface area contributed by atoms with Gasteiger partial charge in [-0.05, 0) is 36.5 Å². The molecule has 3 rings (SSSR count). The summed E-state index contributed by atoms with van der Waals surface area (Å²) in [7, 11) is 0. The fourth-order valence-electron chi connectivity index (χ4n) is 3.06. The van der Waals surface area contributed by atoms with Gasteiger partial charge in [0.15, 0.2) is 0 Å². The van der Waals surface area contributed by atoms with Gasteiger partial charge < -0.3 is 10.6 Å². The molecule has 0 spiro atoms. The minimum absolute atomic E-state index is 0.550. The van der Waals surface area contributed by atoms with Crippen molar-refractivity contribution in [1.82, 2.24) is 9.97 Å². The van der Waals surface area contributed by atoms with E-state index in [1.807, 2.05) is 6.07 Å². The Morgan fingerprint density at radius 3 is 2.35 bits per heavy atom. The van der Waals surface area contributed by atoms with Crippen LogP contribution in [0.3, 0.4) is 0 Å². The predicted molar refractivity (Wildman–Crippen MR) is 96.3 cm³/mol. The molecule has 0 amide bonds. The normalized spacial score (nSPS) is 15.6. The molecule has 1 aliphatic carbocycles. The third kappa shape index (κ3) is 4.44. The molecule has 1 fully saturated rings. The summed E-state index contributed by atoms with van der Waals surface area (Å²) < 4.78 is 0. The minimum atomic E-state index is 0.550. The molecule has 0 unspecified atom stereocenters. The van der Waals surface area contributed by atoms with E-state index in [0.29, 0.717) is 12.0 Å². The topological polar surface area (TPSA) is 49.8 Å². The molecule has 2 N–H and O–H groups in total. The first-order valence-electron chi connectivity index (χ1n) is 8.66. The highest BCUT2D eigenvalue weighted by Crippen LogP contribution is 2.23. The monoisotopic (exact) mass is 310 g/mol. The summed E-state index contributed by atoms with van der Waals surface area (Å²) in [5.74, 6) is 2.29. The van der Waals surface area contributed by atoms with E-state index in [0.717, 1.165) is 17.3 Å². The summed E-state index contributed by atoms with van der Waals surface area (Å²) in [5, 5.41) is 6.90. The Morgan fingerprint density at radius 1 is 0.957 bits per heavy atom. The molecule has 0 radical (unpaired) electrons. The maximum Gasteiger partial charge on any atom is 0.135 e. The second kappa shape index (κ2) is 7.44. The number of nitrogens with one attached hydrogen (secondary N) is 2. The van der Waals surface area contributed by atoms with E-state index in [1.54, 1.807) is 6.33 Å². The minimum Gasteiger partial charge on any atom is -0.367 e. The van der Waals surface area contributed by atoms with Crippen LogP contribution in [0.15, 0.2) is 36.7 Å². The molecule has 1 aliphatic rings. The van der Waals surface area contributed by atoms with E-state index >= 15 is 0 Å². The predicted octanol–water partition coefficient (Wildman–Crippen LogP) is 5.09. The van der Waals surface area contributed by atoms with Gasteiger partial charge in [-0.1, -0.05) is 45.2 Å². The van der Waals surface area contributed by atoms with Crippen molar-refractivity contribution in [2.75, 3.05) is 10.6 Å². The van der Waals surface area contributed by atoms with Crippen molar-refractivity contribution < 1.29 is 0 Å². The molecule has 4 nitrogen and oxygen atoms in total. The number of nitrogens with zero attached hydrogens (tertiary/aromatic N) is 2. The lowest BCUT2D eigenvalue weighted by Crippen LogP contribution is -2.22. The van der Waals surface area contributed by atoms with Gasteiger partial charge in [-0.15, -0.1) is 0 Å². The molecule has 2 aromatic rings. The molecule has 122 valence electrons. The number of benzene rings is 1. The van der Waals surface area contributed by atoms with Gasteiger partial charge in [0.1, 0.15) is 18.0 Å². The lowest BCUT2D eigenvalue weighted by molar-refractivity contribution is 0.462. The van der Waals surface area contributed by atoms with Crippen LogP contribution in [0.25, 0.3) is 0 Å². The van der Waals surface area contributed by atoms with E-state index in [4.69, 9.17) is 0 Å². The standard InChI is InChI=1S/C19H26N4/c1-14(2)15-8-10-17(11-9-15)23-19-12-18(20-13-21-19)22-16-6-4-3-5-7-16/h8-14,16H,3-7H2,1-2H3,(H2,20,21,22,23). The zero-order valence-electron chi connectivity index (χ0n) is 14.0. The summed E-state index contributed by atoms with van der Waals surface area (Å²) in [6, 6.07) is 11.1. The van der Waals surface area contributed by atoms with Gasteiger partial charge in [0.05, 0.1) is 0 Å². The molecular weight excluding hydrogens is 284 g/mol. The fourth-order valence-corrected chi connectivity index (χ4v) is 3.06. The number of anilines is 3. The highest BCUT2D eigenvalue weighted by molar-refractivity contribution is 5.59. The van der Waals surface area contributed by atoms with Crippen LogP contribution in [-0.4, -0.2) is 16.0 Å². The summed E-state index contributed by atoms with van der Waals surface area (Å²) in [6.45, 7) is 4.41. The Morgan fingerprint density at radius 2 is 1.65 bits per heavy atom. The molecule has 1 heterocycles. The molecular formula is C19H26N4. The van der Waals surface area contributed by atoms with Crippen LogP contribution < -0.4 is 10.6 Å². The smallest absolute Gasteiger partial charge is 0.135 e. The van der Waals surface area contributed by atoms with Gasteiger partial charge in [0.2, 0.25) is 0 Å². The first kappa shape index (κ1) is 15.8. The van der Waals surface area contributed by atoms with Crippen LogP contribution >= 0.6 is 0 Å². The summed E-state index contributed by atoms with van der Waals surface area (Å²) in [4.78, 5) is 8.67. The lowest BCUT2D eigenvalue weighted by atomic mass is 9.95. The van der Waals surface area contributed by atoms with Crippen LogP contribution in [0.1, 0.15) is 57.4 Å². The molecule has 0 saturated heterocycles. The van der Waals surface area contributed by atoms with Crippen LogP contribution in [-0.2, 0) is 0 Å². The Kier molecular flexibility index (Phi) is 5.11. The number of hydrogen-bond acceptors (Lipinski definition) is 4. The molecule has 1 aromatic heterocycles. The van der Waals surface area contributed by atoms with Crippen molar-refractivity contribution in [2.45, 2.75) is 57.9 Å². The molecule has 0 aliphatic heterocycles. The summed E-state index contributed by atoms with van der Waals surface area (Å²) in [5.41, 5.74) is 2.40. The van der Waals surface area contributed by atoms with E-state index in [1.165, 1.54) is 37.7 Å². The van der Waals surface area contributed by atoms with Crippen LogP contribution in [0, 0.1) is 0 Å². The van der Waals surface area contributed by atoms with Crippen molar-refractivity contribution in [3.63, 3.8) is 0 Å². The SMILES string of the molecule is CC(C)c1ccc(Nc2cc(NC3CCCCC3)ncn2)cc1. The van der Waals surface area contributed by atoms with Crippen molar-refractivity contribution in [3.8, 4) is 0 Å². The van der Waals surface area contributed by atoms with Crippen molar-refractivity contribution in [3.05, 3.63) is 42.2 Å². The fraction of sp³-hybridized carbons (Fsp3) is 0.474. The van der Waals surface area contributed by atoms with Gasteiger partial charge in [-0.3, -0.25) is 0 Å². The van der Waals surface area contributed by atoms with Crippen molar-refractivity contribution >= 4 is 17.3 Å². The Bertz CT molecular complexity index is 616. The van der Waals surface area contributed by atoms with Crippen molar-refractivity contribution in [1.29, 1.82) is 0 Å². The molecule has 1 saturated carbocycles. The largest absolute Gasteiger partial charge is 0.367 e. The maximum absolute atomic E-state index is 4.35. The first-order valence-corrected chi connectivity index (χ1v) is 8.66. The van der Waals surface area contributed by atoms with Gasteiger partial charge in [-0.2, -0.15) is 0 Å². The highest BCUT2D eigenvalue weighted by atomic mass is 15.1. The third-order valence-corrected chi connectivity index (χ3v) is 4.47. The molecule has 4 heteroatoms.